The number of rotatable bonds is 8. The van der Waals surface area contributed by atoms with Crippen LogP contribution in [0.25, 0.3) is 10.9 Å². The summed E-state index contributed by atoms with van der Waals surface area (Å²) in [5, 5.41) is 14.1. The van der Waals surface area contributed by atoms with Crippen LogP contribution in [0, 0.1) is 13.8 Å². The summed E-state index contributed by atoms with van der Waals surface area (Å²) in [5.41, 5.74) is 3.48. The first-order chi connectivity index (χ1) is 17.9. The summed E-state index contributed by atoms with van der Waals surface area (Å²) < 4.78 is 0. The molecule has 1 unspecified atom stereocenters. The molecule has 1 aromatic carbocycles. The number of thiazole rings is 1. The van der Waals surface area contributed by atoms with Crippen LogP contribution >= 0.6 is 11.3 Å². The highest BCUT2D eigenvalue weighted by molar-refractivity contribution is 7.09. The van der Waals surface area contributed by atoms with Crippen molar-refractivity contribution < 1.29 is 14.7 Å². The molecule has 0 bridgehead atoms. The third-order valence-corrected chi connectivity index (χ3v) is 8.01. The number of aliphatic hydroxyl groups excluding tert-OH is 1. The second kappa shape index (κ2) is 11.1. The van der Waals surface area contributed by atoms with Crippen molar-refractivity contribution in [2.75, 3.05) is 37.6 Å². The van der Waals surface area contributed by atoms with Crippen molar-refractivity contribution in [1.29, 1.82) is 0 Å². The van der Waals surface area contributed by atoms with Crippen LogP contribution in [0.5, 0.6) is 0 Å². The zero-order chi connectivity index (χ0) is 25.9. The normalized spacial score (nSPS) is 18.1. The minimum Gasteiger partial charge on any atom is -0.391 e. The molecule has 0 spiro atoms. The number of aliphatic hydroxyl groups is 1. The van der Waals surface area contributed by atoms with Crippen molar-refractivity contribution in [3.05, 3.63) is 51.5 Å². The van der Waals surface area contributed by atoms with Crippen LogP contribution in [0.1, 0.15) is 58.7 Å². The molecule has 0 aliphatic carbocycles. The quantitative estimate of drug-likeness (QED) is 0.483. The van der Waals surface area contributed by atoms with Crippen LogP contribution in [0.2, 0.25) is 0 Å². The molecule has 2 fully saturated rings. The molecule has 196 valence electrons. The molecule has 1 N–H and O–H groups in total. The molecule has 5 rings (SSSR count). The lowest BCUT2D eigenvalue weighted by Gasteiger charge is -2.33. The molecule has 0 radical (unpaired) electrons. The summed E-state index contributed by atoms with van der Waals surface area (Å²) in [6, 6.07) is 8.36. The lowest BCUT2D eigenvalue weighted by molar-refractivity contribution is -0.127. The standard InChI is InChI=1S/C28H35N5O3S/c1-19-8-9-21-15-22(27(30-24(21)14-19)32-11-3-6-23(34)17-32)16-33(28(36)25-18-37-20(2)29-25)13-5-12-31-10-4-7-26(31)35/h8-9,14-15,18,23,34H,3-7,10-13,16-17H2,1-2H3. The molecule has 8 nitrogen and oxygen atoms in total. The van der Waals surface area contributed by atoms with Crippen molar-refractivity contribution in [3.63, 3.8) is 0 Å². The number of pyridine rings is 1. The molecule has 4 heterocycles. The van der Waals surface area contributed by atoms with Crippen LogP contribution in [0.4, 0.5) is 5.82 Å². The Labute approximate surface area is 221 Å². The average Bonchev–Trinajstić information content (AvgIpc) is 3.50. The fraction of sp³-hybridized carbons (Fsp3) is 0.500. The number of likely N-dealkylation sites (tertiary alicyclic amines) is 1. The number of anilines is 1. The maximum Gasteiger partial charge on any atom is 0.273 e. The van der Waals surface area contributed by atoms with Crippen molar-refractivity contribution in [2.24, 2.45) is 0 Å². The molecule has 2 amide bonds. The zero-order valence-electron chi connectivity index (χ0n) is 21.7. The molecular formula is C28H35N5O3S. The summed E-state index contributed by atoms with van der Waals surface area (Å²) in [4.78, 5) is 41.1. The van der Waals surface area contributed by atoms with Crippen molar-refractivity contribution in [1.82, 2.24) is 19.8 Å². The number of piperidine rings is 1. The van der Waals surface area contributed by atoms with Crippen LogP contribution in [-0.4, -0.2) is 75.5 Å². The first-order valence-corrected chi connectivity index (χ1v) is 14.1. The van der Waals surface area contributed by atoms with Gasteiger partial charge in [-0.2, -0.15) is 0 Å². The van der Waals surface area contributed by atoms with Gasteiger partial charge in [-0.15, -0.1) is 11.3 Å². The van der Waals surface area contributed by atoms with Gasteiger partial charge in [0.1, 0.15) is 11.5 Å². The van der Waals surface area contributed by atoms with E-state index in [1.807, 2.05) is 22.1 Å². The number of amides is 2. The van der Waals surface area contributed by atoms with E-state index in [2.05, 4.69) is 41.1 Å². The van der Waals surface area contributed by atoms with Gasteiger partial charge in [-0.3, -0.25) is 9.59 Å². The predicted octanol–water partition coefficient (Wildman–Crippen LogP) is 3.92. The fourth-order valence-electron chi connectivity index (χ4n) is 5.32. The molecule has 0 saturated carbocycles. The van der Waals surface area contributed by atoms with E-state index in [4.69, 9.17) is 4.98 Å². The highest BCUT2D eigenvalue weighted by atomic mass is 32.1. The molecular weight excluding hydrogens is 486 g/mol. The number of carbonyl (C=O) groups is 2. The maximum absolute atomic E-state index is 13.6. The molecule has 3 aromatic rings. The van der Waals surface area contributed by atoms with E-state index in [0.717, 1.165) is 65.2 Å². The van der Waals surface area contributed by atoms with E-state index in [9.17, 15) is 14.7 Å². The maximum atomic E-state index is 13.6. The van der Waals surface area contributed by atoms with Gasteiger partial charge in [0.15, 0.2) is 0 Å². The monoisotopic (exact) mass is 521 g/mol. The SMILES string of the molecule is Cc1ccc2cc(CN(CCCN3CCCC3=O)C(=O)c3csc(C)n3)c(N3CCCC(O)C3)nc2c1. The number of hydrogen-bond donors (Lipinski definition) is 1. The largest absolute Gasteiger partial charge is 0.391 e. The van der Waals surface area contributed by atoms with Gasteiger partial charge in [0.25, 0.3) is 5.91 Å². The second-order valence-corrected chi connectivity index (χ2v) is 11.3. The molecule has 9 heteroatoms. The van der Waals surface area contributed by atoms with Crippen LogP contribution in [0.3, 0.4) is 0 Å². The lowest BCUT2D eigenvalue weighted by atomic mass is 10.0. The summed E-state index contributed by atoms with van der Waals surface area (Å²) in [7, 11) is 0. The van der Waals surface area contributed by atoms with Crippen molar-refractivity contribution in [3.8, 4) is 0 Å². The number of nitrogens with zero attached hydrogens (tertiary/aromatic N) is 5. The third-order valence-electron chi connectivity index (χ3n) is 7.24. The summed E-state index contributed by atoms with van der Waals surface area (Å²) in [6.07, 6.45) is 3.55. The average molecular weight is 522 g/mol. The minimum absolute atomic E-state index is 0.106. The summed E-state index contributed by atoms with van der Waals surface area (Å²) in [5.74, 6) is 0.928. The predicted molar refractivity (Wildman–Crippen MR) is 146 cm³/mol. The Morgan fingerprint density at radius 2 is 2.05 bits per heavy atom. The van der Waals surface area contributed by atoms with Gasteiger partial charge < -0.3 is 19.8 Å². The van der Waals surface area contributed by atoms with Gasteiger partial charge in [-0.1, -0.05) is 12.1 Å². The number of hydrogen-bond acceptors (Lipinski definition) is 7. The smallest absolute Gasteiger partial charge is 0.273 e. The number of aryl methyl sites for hydroxylation is 2. The van der Waals surface area contributed by atoms with E-state index in [0.29, 0.717) is 44.7 Å². The van der Waals surface area contributed by atoms with Crippen molar-refractivity contribution in [2.45, 2.75) is 58.6 Å². The second-order valence-electron chi connectivity index (χ2n) is 10.2. The van der Waals surface area contributed by atoms with E-state index < -0.39 is 0 Å². The zero-order valence-corrected chi connectivity index (χ0v) is 22.5. The minimum atomic E-state index is -0.384. The molecule has 2 aliphatic rings. The molecule has 2 aliphatic heterocycles. The van der Waals surface area contributed by atoms with Gasteiger partial charge in [-0.25, -0.2) is 9.97 Å². The molecule has 2 aromatic heterocycles. The lowest BCUT2D eigenvalue weighted by Crippen LogP contribution is -2.40. The topological polar surface area (TPSA) is 89.9 Å². The Hall–Kier alpha value is -3.04. The van der Waals surface area contributed by atoms with E-state index in [1.165, 1.54) is 11.3 Å². The van der Waals surface area contributed by atoms with Crippen LogP contribution in [0.15, 0.2) is 29.6 Å². The van der Waals surface area contributed by atoms with Gasteiger partial charge >= 0.3 is 0 Å². The summed E-state index contributed by atoms with van der Waals surface area (Å²) in [6.45, 7) is 7.68. The van der Waals surface area contributed by atoms with Gasteiger partial charge in [0.2, 0.25) is 5.91 Å². The third kappa shape index (κ3) is 5.93. The van der Waals surface area contributed by atoms with Gasteiger partial charge in [-0.05, 0) is 57.2 Å². The van der Waals surface area contributed by atoms with Crippen molar-refractivity contribution >= 4 is 39.9 Å². The number of benzene rings is 1. The Kier molecular flexibility index (Phi) is 7.71. The summed E-state index contributed by atoms with van der Waals surface area (Å²) >= 11 is 1.47. The van der Waals surface area contributed by atoms with Crippen LogP contribution < -0.4 is 4.90 Å². The Bertz CT molecular complexity index is 1290. The van der Waals surface area contributed by atoms with E-state index in [1.54, 1.807) is 0 Å². The number of carbonyl (C=O) groups excluding carboxylic acids is 2. The van der Waals surface area contributed by atoms with Gasteiger partial charge in [0.05, 0.1) is 16.6 Å². The van der Waals surface area contributed by atoms with E-state index in [-0.39, 0.29) is 17.9 Å². The number of aromatic nitrogens is 2. The fourth-order valence-corrected chi connectivity index (χ4v) is 5.91. The number of fused-ring (bicyclic) bond motifs is 1. The number of β-amino-alcohol motifs (C(OH)–C–C–N with tert-alkyl or cyclic N) is 1. The van der Waals surface area contributed by atoms with Gasteiger partial charge in [0, 0.05) is 62.0 Å². The Morgan fingerprint density at radius 3 is 2.78 bits per heavy atom. The Morgan fingerprint density at radius 1 is 1.19 bits per heavy atom. The Balaban J connectivity index is 1.46. The molecule has 1 atom stereocenters. The molecule has 2 saturated heterocycles. The first-order valence-electron chi connectivity index (χ1n) is 13.2. The van der Waals surface area contributed by atoms with E-state index >= 15 is 0 Å². The highest BCUT2D eigenvalue weighted by Crippen LogP contribution is 2.29. The first kappa shape index (κ1) is 25.6. The van der Waals surface area contributed by atoms with Crippen LogP contribution in [-0.2, 0) is 11.3 Å². The molecule has 37 heavy (non-hydrogen) atoms. The highest BCUT2D eigenvalue weighted by Gasteiger charge is 2.26.